The number of anilines is 1. The number of carbonyl (C=O) groups is 2. The first-order valence-corrected chi connectivity index (χ1v) is 8.20. The van der Waals surface area contributed by atoms with Gasteiger partial charge >= 0.3 is 12.2 Å². The van der Waals surface area contributed by atoms with E-state index in [9.17, 15) is 22.8 Å². The van der Waals surface area contributed by atoms with Gasteiger partial charge in [0.25, 0.3) is 0 Å². The van der Waals surface area contributed by atoms with E-state index < -0.39 is 30.6 Å². The fourth-order valence-electron chi connectivity index (χ4n) is 2.48. The number of carbonyl (C=O) groups excluding carboxylic acids is 2. The fourth-order valence-corrected chi connectivity index (χ4v) is 2.48. The molecule has 0 radical (unpaired) electrons. The van der Waals surface area contributed by atoms with E-state index in [1.807, 2.05) is 30.3 Å². The first-order valence-electron chi connectivity index (χ1n) is 8.20. The number of amides is 3. The Labute approximate surface area is 154 Å². The largest absolute Gasteiger partial charge is 0.414 e. The van der Waals surface area contributed by atoms with Crippen molar-refractivity contribution in [3.05, 3.63) is 42.5 Å². The summed E-state index contributed by atoms with van der Waals surface area (Å²) in [6.07, 6.45) is -6.87. The van der Waals surface area contributed by atoms with Crippen molar-refractivity contribution >= 4 is 28.4 Å². The quantitative estimate of drug-likeness (QED) is 0.688. The molecule has 146 valence electrons. The maximum Gasteiger partial charge on any atom is 0.414 e. The lowest BCUT2D eigenvalue weighted by atomic mass is 10.1. The molecule has 2 rings (SSSR count). The molecule has 27 heavy (non-hydrogen) atoms. The zero-order valence-electron chi connectivity index (χ0n) is 14.6. The molecule has 6 nitrogen and oxygen atoms in total. The predicted molar refractivity (Wildman–Crippen MR) is 95.4 cm³/mol. The van der Waals surface area contributed by atoms with Gasteiger partial charge in [-0.2, -0.15) is 13.2 Å². The minimum atomic E-state index is -4.49. The summed E-state index contributed by atoms with van der Waals surface area (Å²) in [5.41, 5.74) is 0.605. The van der Waals surface area contributed by atoms with Gasteiger partial charge in [0.15, 0.2) is 6.10 Å². The first-order chi connectivity index (χ1) is 12.8. The number of urea groups is 1. The highest BCUT2D eigenvalue weighted by atomic mass is 19.4. The average Bonchev–Trinajstić information content (AvgIpc) is 2.63. The highest BCUT2D eigenvalue weighted by Crippen LogP contribution is 2.24. The van der Waals surface area contributed by atoms with Crippen LogP contribution in [-0.4, -0.2) is 44.4 Å². The highest BCUT2D eigenvalue weighted by molar-refractivity contribution is 6.03. The van der Waals surface area contributed by atoms with Crippen LogP contribution >= 0.6 is 0 Å². The van der Waals surface area contributed by atoms with Crippen LogP contribution in [0.3, 0.4) is 0 Å². The third kappa shape index (κ3) is 6.14. The second-order valence-corrected chi connectivity index (χ2v) is 5.74. The molecule has 0 spiro atoms. The van der Waals surface area contributed by atoms with Crippen molar-refractivity contribution in [2.45, 2.75) is 18.7 Å². The van der Waals surface area contributed by atoms with Gasteiger partial charge in [0.1, 0.15) is 0 Å². The summed E-state index contributed by atoms with van der Waals surface area (Å²) in [6.45, 7) is -0.559. The predicted octanol–water partition coefficient (Wildman–Crippen LogP) is 3.04. The lowest BCUT2D eigenvalue weighted by Crippen LogP contribution is -2.42. The van der Waals surface area contributed by atoms with Crippen molar-refractivity contribution in [1.29, 1.82) is 0 Å². The summed E-state index contributed by atoms with van der Waals surface area (Å²) in [5.74, 6) is -0.452. The molecule has 1 unspecified atom stereocenters. The molecule has 2 aromatic carbocycles. The number of hydrogen-bond acceptors (Lipinski definition) is 3. The van der Waals surface area contributed by atoms with Crippen LogP contribution in [0.25, 0.3) is 10.8 Å². The van der Waals surface area contributed by atoms with E-state index in [0.29, 0.717) is 5.69 Å². The smallest absolute Gasteiger partial charge is 0.372 e. The van der Waals surface area contributed by atoms with Gasteiger partial charge in [-0.05, 0) is 17.9 Å². The number of rotatable bonds is 7. The second-order valence-electron chi connectivity index (χ2n) is 5.74. The first kappa shape index (κ1) is 20.5. The molecule has 2 aromatic rings. The van der Waals surface area contributed by atoms with Crippen LogP contribution in [0.1, 0.15) is 6.42 Å². The number of alkyl halides is 3. The summed E-state index contributed by atoms with van der Waals surface area (Å²) in [6, 6.07) is 12.2. The lowest BCUT2D eigenvalue weighted by Gasteiger charge is -2.18. The van der Waals surface area contributed by atoms with Crippen LogP contribution in [0.2, 0.25) is 0 Å². The Balaban J connectivity index is 1.77. The lowest BCUT2D eigenvalue weighted by molar-refractivity contribution is -0.213. The fraction of sp³-hybridized carbons (Fsp3) is 0.333. The molecule has 0 aliphatic heterocycles. The van der Waals surface area contributed by atoms with Crippen LogP contribution in [0.4, 0.5) is 23.7 Å². The van der Waals surface area contributed by atoms with E-state index in [1.165, 1.54) is 0 Å². The van der Waals surface area contributed by atoms with Gasteiger partial charge in [-0.25, -0.2) is 4.79 Å². The number of hydrogen-bond donors (Lipinski definition) is 3. The third-order valence-corrected chi connectivity index (χ3v) is 3.81. The van der Waals surface area contributed by atoms with Crippen molar-refractivity contribution in [1.82, 2.24) is 10.6 Å². The van der Waals surface area contributed by atoms with Crippen molar-refractivity contribution in [2.24, 2.45) is 0 Å². The van der Waals surface area contributed by atoms with Gasteiger partial charge in [-0.15, -0.1) is 0 Å². The molecule has 9 heteroatoms. The van der Waals surface area contributed by atoms with Gasteiger partial charge in [-0.3, -0.25) is 4.79 Å². The minimum Gasteiger partial charge on any atom is -0.372 e. The second kappa shape index (κ2) is 9.22. The Kier molecular flexibility index (Phi) is 7.00. The molecular formula is C18H20F3N3O3. The van der Waals surface area contributed by atoms with Crippen LogP contribution in [-0.2, 0) is 9.53 Å². The summed E-state index contributed by atoms with van der Waals surface area (Å²) in [7, 11) is 0.954. The minimum absolute atomic E-state index is 0.241. The molecule has 0 aromatic heterocycles. The highest BCUT2D eigenvalue weighted by Gasteiger charge is 2.39. The molecule has 3 N–H and O–H groups in total. The number of benzene rings is 2. The van der Waals surface area contributed by atoms with Crippen LogP contribution in [0.5, 0.6) is 0 Å². The molecule has 0 saturated carbocycles. The Morgan fingerprint density at radius 3 is 2.48 bits per heavy atom. The van der Waals surface area contributed by atoms with Gasteiger partial charge in [0.05, 0.1) is 6.54 Å². The molecule has 0 saturated heterocycles. The number of methoxy groups -OCH3 is 1. The topological polar surface area (TPSA) is 79.5 Å². The molecule has 0 bridgehead atoms. The zero-order valence-corrected chi connectivity index (χ0v) is 14.6. The van der Waals surface area contributed by atoms with Crippen molar-refractivity contribution in [2.75, 3.05) is 25.5 Å². The summed E-state index contributed by atoms with van der Waals surface area (Å²) in [5, 5.41) is 9.06. The Bertz CT molecular complexity index is 791. The van der Waals surface area contributed by atoms with Crippen LogP contribution in [0.15, 0.2) is 42.5 Å². The maximum atomic E-state index is 12.5. The third-order valence-electron chi connectivity index (χ3n) is 3.81. The molecule has 3 amide bonds. The number of nitrogens with one attached hydrogen (secondary N) is 3. The van der Waals surface area contributed by atoms with Gasteiger partial charge in [-0.1, -0.05) is 36.4 Å². The van der Waals surface area contributed by atoms with E-state index in [1.54, 1.807) is 12.1 Å². The summed E-state index contributed by atoms with van der Waals surface area (Å²) in [4.78, 5) is 23.6. The molecule has 1 atom stereocenters. The number of ether oxygens (including phenoxy) is 1. The molecule has 0 fully saturated rings. The van der Waals surface area contributed by atoms with Gasteiger partial charge < -0.3 is 20.7 Å². The Hall–Kier alpha value is -2.81. The SMILES string of the molecule is COC(CCNC(=O)NCC(=O)Nc1cccc2ccccc12)C(F)(F)F. The van der Waals surface area contributed by atoms with Gasteiger partial charge in [0, 0.05) is 24.7 Å². The standard InChI is InChI=1S/C18H20F3N3O3/c1-27-15(18(19,20)21)9-10-22-17(26)23-11-16(25)24-14-8-4-6-12-5-2-3-7-13(12)14/h2-8,15H,9-11H2,1H3,(H,24,25)(H2,22,23,26). The monoisotopic (exact) mass is 383 g/mol. The number of fused-ring (bicyclic) bond motifs is 1. The Morgan fingerprint density at radius 2 is 1.78 bits per heavy atom. The van der Waals surface area contributed by atoms with E-state index in [0.717, 1.165) is 17.9 Å². The maximum absolute atomic E-state index is 12.5. The average molecular weight is 383 g/mol. The van der Waals surface area contributed by atoms with Crippen molar-refractivity contribution < 1.29 is 27.5 Å². The Morgan fingerprint density at radius 1 is 1.07 bits per heavy atom. The van der Waals surface area contributed by atoms with E-state index in [2.05, 4.69) is 20.7 Å². The zero-order chi connectivity index (χ0) is 19.9. The normalized spacial score (nSPS) is 12.4. The van der Waals surface area contributed by atoms with Crippen molar-refractivity contribution in [3.8, 4) is 0 Å². The van der Waals surface area contributed by atoms with Crippen molar-refractivity contribution in [3.63, 3.8) is 0 Å². The molecular weight excluding hydrogens is 363 g/mol. The van der Waals surface area contributed by atoms with Gasteiger partial charge in [0.2, 0.25) is 5.91 Å². The van der Waals surface area contributed by atoms with Crippen LogP contribution in [0, 0.1) is 0 Å². The van der Waals surface area contributed by atoms with E-state index in [-0.39, 0.29) is 13.1 Å². The summed E-state index contributed by atoms with van der Waals surface area (Å²) >= 11 is 0. The molecule has 0 heterocycles. The summed E-state index contributed by atoms with van der Waals surface area (Å²) < 4.78 is 41.9. The van der Waals surface area contributed by atoms with E-state index in [4.69, 9.17) is 0 Å². The van der Waals surface area contributed by atoms with E-state index >= 15 is 0 Å². The van der Waals surface area contributed by atoms with Crippen LogP contribution < -0.4 is 16.0 Å². The molecule has 0 aliphatic carbocycles. The molecule has 0 aliphatic rings. The number of halogens is 3.